The molecule has 0 aromatic heterocycles. The largest absolute Gasteiger partial charge is 0.496 e. The number of benzene rings is 1. The minimum atomic E-state index is 0.299. The summed E-state index contributed by atoms with van der Waals surface area (Å²) in [7, 11) is 1.69. The van der Waals surface area contributed by atoms with Crippen molar-refractivity contribution in [3.05, 3.63) is 35.9 Å². The van der Waals surface area contributed by atoms with E-state index in [1.807, 2.05) is 24.3 Å². The van der Waals surface area contributed by atoms with Gasteiger partial charge in [-0.25, -0.2) is 0 Å². The molecule has 1 fully saturated rings. The number of aliphatic hydroxyl groups is 1. The van der Waals surface area contributed by atoms with Crippen LogP contribution >= 0.6 is 0 Å². The SMILES string of the molecule is COc1ccccc1C=CCNC1CCCCC1CO. The van der Waals surface area contributed by atoms with Crippen molar-refractivity contribution in [3.63, 3.8) is 0 Å². The third-order valence-electron chi connectivity index (χ3n) is 4.08. The molecule has 20 heavy (non-hydrogen) atoms. The Kier molecular flexibility index (Phi) is 6.09. The van der Waals surface area contributed by atoms with Gasteiger partial charge in [0, 0.05) is 24.8 Å². The average molecular weight is 275 g/mol. The second kappa shape index (κ2) is 8.08. The van der Waals surface area contributed by atoms with Crippen LogP contribution in [0.25, 0.3) is 6.08 Å². The molecule has 0 aliphatic heterocycles. The zero-order valence-corrected chi connectivity index (χ0v) is 12.2. The smallest absolute Gasteiger partial charge is 0.126 e. The van der Waals surface area contributed by atoms with E-state index in [1.165, 1.54) is 19.3 Å². The third kappa shape index (κ3) is 4.09. The van der Waals surface area contributed by atoms with Crippen molar-refractivity contribution in [3.8, 4) is 5.75 Å². The molecular formula is C17H25NO2. The minimum Gasteiger partial charge on any atom is -0.496 e. The summed E-state index contributed by atoms with van der Waals surface area (Å²) in [5.41, 5.74) is 1.10. The van der Waals surface area contributed by atoms with E-state index in [2.05, 4.69) is 17.5 Å². The zero-order chi connectivity index (χ0) is 14.2. The molecule has 110 valence electrons. The molecule has 0 heterocycles. The number of ether oxygens (including phenoxy) is 1. The molecule has 0 radical (unpaired) electrons. The molecule has 2 rings (SSSR count). The van der Waals surface area contributed by atoms with E-state index < -0.39 is 0 Å². The van der Waals surface area contributed by atoms with Crippen molar-refractivity contribution in [1.29, 1.82) is 0 Å². The lowest BCUT2D eigenvalue weighted by molar-refractivity contribution is 0.155. The van der Waals surface area contributed by atoms with Gasteiger partial charge in [-0.1, -0.05) is 43.2 Å². The first-order valence-electron chi connectivity index (χ1n) is 7.49. The Balaban J connectivity index is 1.84. The van der Waals surface area contributed by atoms with E-state index in [0.717, 1.165) is 24.3 Å². The van der Waals surface area contributed by atoms with Crippen LogP contribution in [0.3, 0.4) is 0 Å². The molecule has 1 aromatic carbocycles. The standard InChI is InChI=1S/C17H25NO2/c1-20-17-11-5-3-7-14(17)9-6-12-18-16-10-4-2-8-15(16)13-19/h3,5-7,9,11,15-16,18-19H,2,4,8,10,12-13H2,1H3. The van der Waals surface area contributed by atoms with E-state index in [1.54, 1.807) is 7.11 Å². The third-order valence-corrected chi connectivity index (χ3v) is 4.08. The van der Waals surface area contributed by atoms with Gasteiger partial charge in [0.05, 0.1) is 7.11 Å². The second-order valence-corrected chi connectivity index (χ2v) is 5.39. The summed E-state index contributed by atoms with van der Waals surface area (Å²) in [4.78, 5) is 0. The summed E-state index contributed by atoms with van der Waals surface area (Å²) < 4.78 is 5.32. The molecule has 0 saturated heterocycles. The van der Waals surface area contributed by atoms with Crippen LogP contribution in [0, 0.1) is 5.92 Å². The Labute approximate surface area is 121 Å². The molecule has 0 spiro atoms. The maximum Gasteiger partial charge on any atom is 0.126 e. The highest BCUT2D eigenvalue weighted by Gasteiger charge is 2.23. The molecule has 3 nitrogen and oxygen atoms in total. The van der Waals surface area contributed by atoms with Crippen molar-refractivity contribution >= 4 is 6.08 Å². The summed E-state index contributed by atoms with van der Waals surface area (Å²) in [5.74, 6) is 1.32. The maximum absolute atomic E-state index is 9.39. The van der Waals surface area contributed by atoms with Gasteiger partial charge < -0.3 is 15.2 Å². The Hall–Kier alpha value is -1.32. The quantitative estimate of drug-likeness (QED) is 0.839. The minimum absolute atomic E-state index is 0.299. The van der Waals surface area contributed by atoms with Gasteiger partial charge in [0.1, 0.15) is 5.75 Å². The van der Waals surface area contributed by atoms with E-state index in [0.29, 0.717) is 18.6 Å². The number of hydrogen-bond donors (Lipinski definition) is 2. The molecule has 1 aromatic rings. The molecule has 1 aliphatic carbocycles. The molecule has 0 amide bonds. The van der Waals surface area contributed by atoms with Crippen molar-refractivity contribution < 1.29 is 9.84 Å². The van der Waals surface area contributed by atoms with Crippen LogP contribution < -0.4 is 10.1 Å². The molecule has 2 atom stereocenters. The second-order valence-electron chi connectivity index (χ2n) is 5.39. The van der Waals surface area contributed by atoms with Gasteiger partial charge in [-0.3, -0.25) is 0 Å². The van der Waals surface area contributed by atoms with Gasteiger partial charge in [-0.15, -0.1) is 0 Å². The number of nitrogens with one attached hydrogen (secondary N) is 1. The van der Waals surface area contributed by atoms with Crippen LogP contribution in [0.15, 0.2) is 30.3 Å². The van der Waals surface area contributed by atoms with E-state index >= 15 is 0 Å². The zero-order valence-electron chi connectivity index (χ0n) is 12.2. The first-order chi connectivity index (χ1) is 9.85. The lowest BCUT2D eigenvalue weighted by Gasteiger charge is -2.30. The summed E-state index contributed by atoms with van der Waals surface area (Å²) in [5, 5.41) is 12.9. The predicted octanol–water partition coefficient (Wildman–Crippen LogP) is 2.85. The van der Waals surface area contributed by atoms with Crippen molar-refractivity contribution in [2.45, 2.75) is 31.7 Å². The first kappa shape index (κ1) is 15.1. The molecule has 0 bridgehead atoms. The Bertz CT molecular complexity index is 431. The van der Waals surface area contributed by atoms with Gasteiger partial charge >= 0.3 is 0 Å². The average Bonchev–Trinajstić information content (AvgIpc) is 2.52. The van der Waals surface area contributed by atoms with Crippen LogP contribution in [-0.4, -0.2) is 31.4 Å². The summed E-state index contributed by atoms with van der Waals surface area (Å²) >= 11 is 0. The summed E-state index contributed by atoms with van der Waals surface area (Å²) in [6, 6.07) is 8.46. The highest BCUT2D eigenvalue weighted by Crippen LogP contribution is 2.24. The van der Waals surface area contributed by atoms with Gasteiger partial charge in [0.25, 0.3) is 0 Å². The normalized spacial score (nSPS) is 23.1. The fourth-order valence-electron chi connectivity index (χ4n) is 2.90. The molecule has 1 aliphatic rings. The Morgan fingerprint density at radius 1 is 1.30 bits per heavy atom. The molecule has 3 heteroatoms. The molecule has 1 saturated carbocycles. The summed E-state index contributed by atoms with van der Waals surface area (Å²) in [6.07, 6.45) is 9.05. The summed E-state index contributed by atoms with van der Waals surface area (Å²) in [6.45, 7) is 1.13. The maximum atomic E-state index is 9.39. The van der Waals surface area contributed by atoms with E-state index in [9.17, 15) is 5.11 Å². The lowest BCUT2D eigenvalue weighted by Crippen LogP contribution is -2.40. The number of aliphatic hydroxyl groups excluding tert-OH is 1. The number of methoxy groups -OCH3 is 1. The highest BCUT2D eigenvalue weighted by molar-refractivity contribution is 5.57. The van der Waals surface area contributed by atoms with Crippen LogP contribution in [0.4, 0.5) is 0 Å². The van der Waals surface area contributed by atoms with Crippen molar-refractivity contribution in [1.82, 2.24) is 5.32 Å². The van der Waals surface area contributed by atoms with Gasteiger partial charge in [-0.05, 0) is 24.8 Å². The Morgan fingerprint density at radius 3 is 2.90 bits per heavy atom. The number of rotatable bonds is 6. The van der Waals surface area contributed by atoms with Gasteiger partial charge in [-0.2, -0.15) is 0 Å². The fourth-order valence-corrected chi connectivity index (χ4v) is 2.90. The number of para-hydroxylation sites is 1. The predicted molar refractivity (Wildman–Crippen MR) is 82.9 cm³/mol. The molecule has 2 N–H and O–H groups in total. The van der Waals surface area contributed by atoms with Crippen molar-refractivity contribution in [2.75, 3.05) is 20.3 Å². The van der Waals surface area contributed by atoms with Crippen LogP contribution in [-0.2, 0) is 0 Å². The van der Waals surface area contributed by atoms with Gasteiger partial charge in [0.15, 0.2) is 0 Å². The molecular weight excluding hydrogens is 250 g/mol. The van der Waals surface area contributed by atoms with Crippen molar-refractivity contribution in [2.24, 2.45) is 5.92 Å². The monoisotopic (exact) mass is 275 g/mol. The lowest BCUT2D eigenvalue weighted by atomic mass is 9.85. The topological polar surface area (TPSA) is 41.5 Å². The Morgan fingerprint density at radius 2 is 2.10 bits per heavy atom. The van der Waals surface area contributed by atoms with Gasteiger partial charge in [0.2, 0.25) is 0 Å². The van der Waals surface area contributed by atoms with E-state index in [-0.39, 0.29) is 0 Å². The number of hydrogen-bond acceptors (Lipinski definition) is 3. The fraction of sp³-hybridized carbons (Fsp3) is 0.529. The highest BCUT2D eigenvalue weighted by atomic mass is 16.5. The van der Waals surface area contributed by atoms with Crippen LogP contribution in [0.2, 0.25) is 0 Å². The molecule has 2 unspecified atom stereocenters. The van der Waals surface area contributed by atoms with Crippen LogP contribution in [0.1, 0.15) is 31.2 Å². The van der Waals surface area contributed by atoms with Crippen LogP contribution in [0.5, 0.6) is 5.75 Å². The first-order valence-corrected chi connectivity index (χ1v) is 7.49. The van der Waals surface area contributed by atoms with E-state index in [4.69, 9.17) is 4.74 Å².